The first-order valence-corrected chi connectivity index (χ1v) is 13.1. The number of aryl methyl sites for hydroxylation is 1. The van der Waals surface area contributed by atoms with Gasteiger partial charge in [-0.1, -0.05) is 19.0 Å². The van der Waals surface area contributed by atoms with Gasteiger partial charge in [-0.2, -0.15) is 4.98 Å². The van der Waals surface area contributed by atoms with E-state index in [9.17, 15) is 14.7 Å². The highest BCUT2D eigenvalue weighted by molar-refractivity contribution is 7.17. The molecule has 0 aliphatic heterocycles. The van der Waals surface area contributed by atoms with Gasteiger partial charge in [0.05, 0.1) is 11.1 Å². The number of thiophene rings is 1. The number of aromatic nitrogens is 2. The first kappa shape index (κ1) is 21.8. The Balaban J connectivity index is 1.42. The number of carbonyl (C=O) groups is 2. The molecule has 7 rings (SSSR count). The average molecular weight is 484 g/mol. The van der Waals surface area contributed by atoms with Gasteiger partial charge >= 0.3 is 6.16 Å². The maximum Gasteiger partial charge on any atom is 0.511 e. The smallest absolute Gasteiger partial charge is 0.449 e. The predicted molar refractivity (Wildman–Crippen MR) is 126 cm³/mol. The summed E-state index contributed by atoms with van der Waals surface area (Å²) in [5.41, 5.74) is 2.44. The van der Waals surface area contributed by atoms with E-state index < -0.39 is 6.16 Å². The number of hydrogen-bond acceptors (Lipinski definition) is 7. The molecule has 0 unspecified atom stereocenters. The Morgan fingerprint density at radius 2 is 1.82 bits per heavy atom. The van der Waals surface area contributed by atoms with Crippen molar-refractivity contribution in [1.82, 2.24) is 10.1 Å². The second-order valence-electron chi connectivity index (χ2n) is 10.7. The van der Waals surface area contributed by atoms with Gasteiger partial charge in [0.25, 0.3) is 11.8 Å². The minimum absolute atomic E-state index is 0.00571. The molecule has 0 saturated heterocycles. The van der Waals surface area contributed by atoms with Crippen molar-refractivity contribution in [3.63, 3.8) is 0 Å². The Hall–Kier alpha value is -2.68. The summed E-state index contributed by atoms with van der Waals surface area (Å²) in [6.45, 7) is 4.46. The van der Waals surface area contributed by atoms with Crippen molar-refractivity contribution in [3.8, 4) is 11.5 Å². The second kappa shape index (κ2) is 7.93. The van der Waals surface area contributed by atoms with Gasteiger partial charge in [0.1, 0.15) is 10.8 Å². The Bertz CT molecular complexity index is 1200. The van der Waals surface area contributed by atoms with Gasteiger partial charge in [-0.05, 0) is 74.7 Å². The van der Waals surface area contributed by atoms with E-state index in [2.05, 4.69) is 24.3 Å². The van der Waals surface area contributed by atoms with E-state index in [1.807, 2.05) is 0 Å². The van der Waals surface area contributed by atoms with Gasteiger partial charge < -0.3 is 19.7 Å². The molecule has 2 heterocycles. The van der Waals surface area contributed by atoms with Gasteiger partial charge in [-0.25, -0.2) is 4.79 Å². The van der Waals surface area contributed by atoms with Gasteiger partial charge in [0, 0.05) is 16.7 Å². The Kier molecular flexibility index (Phi) is 5.09. The van der Waals surface area contributed by atoms with Crippen LogP contribution in [0.5, 0.6) is 0 Å². The van der Waals surface area contributed by atoms with Crippen molar-refractivity contribution in [2.24, 2.45) is 11.8 Å². The predicted octanol–water partition coefficient (Wildman–Crippen LogP) is 6.00. The van der Waals surface area contributed by atoms with Crippen molar-refractivity contribution in [3.05, 3.63) is 27.6 Å². The zero-order valence-electron chi connectivity index (χ0n) is 19.5. The minimum Gasteiger partial charge on any atom is -0.449 e. The third kappa shape index (κ3) is 3.65. The van der Waals surface area contributed by atoms with Gasteiger partial charge in [0.15, 0.2) is 5.82 Å². The molecular weight excluding hydrogens is 454 g/mol. The molecule has 0 aromatic carbocycles. The molecule has 0 spiro atoms. The van der Waals surface area contributed by atoms with E-state index in [0.717, 1.165) is 69.2 Å². The Morgan fingerprint density at radius 3 is 2.53 bits per heavy atom. The van der Waals surface area contributed by atoms with Gasteiger partial charge in [-0.15, -0.1) is 11.3 Å². The molecule has 5 aliphatic rings. The zero-order chi connectivity index (χ0) is 23.6. The summed E-state index contributed by atoms with van der Waals surface area (Å²) in [6.07, 6.45) is 7.40. The number of fused-ring (bicyclic) bond motifs is 3. The van der Waals surface area contributed by atoms with Crippen molar-refractivity contribution in [2.45, 2.75) is 83.0 Å². The lowest BCUT2D eigenvalue weighted by atomic mass is 9.70. The molecule has 9 heteroatoms. The SMILES string of the molecule is CC1(C)CCCc2sc(NC(=O)C3=C(OC(=O)O)C4CCC3CC4)c(-c3nc(C4CC4)no3)c21. The monoisotopic (exact) mass is 483 g/mol. The highest BCUT2D eigenvalue weighted by Crippen LogP contribution is 2.52. The average Bonchev–Trinajstić information content (AvgIpc) is 3.40. The number of allylic oxidation sites excluding steroid dienone is 1. The number of amides is 1. The van der Waals surface area contributed by atoms with E-state index in [4.69, 9.17) is 14.2 Å². The maximum atomic E-state index is 13.6. The van der Waals surface area contributed by atoms with Crippen LogP contribution < -0.4 is 5.32 Å². The Labute approximate surface area is 201 Å². The molecule has 2 fully saturated rings. The van der Waals surface area contributed by atoms with E-state index >= 15 is 0 Å². The van der Waals surface area contributed by atoms with E-state index in [-0.39, 0.29) is 23.2 Å². The summed E-state index contributed by atoms with van der Waals surface area (Å²) in [7, 11) is 0. The summed E-state index contributed by atoms with van der Waals surface area (Å²) in [6, 6.07) is 0. The lowest BCUT2D eigenvalue weighted by molar-refractivity contribution is -0.114. The van der Waals surface area contributed by atoms with Crippen LogP contribution in [-0.2, 0) is 21.4 Å². The van der Waals surface area contributed by atoms with Crippen LogP contribution in [0.1, 0.15) is 87.4 Å². The van der Waals surface area contributed by atoms with Gasteiger partial charge in [0.2, 0.25) is 0 Å². The number of nitrogens with zero attached hydrogens (tertiary/aromatic N) is 2. The van der Waals surface area contributed by atoms with Crippen LogP contribution >= 0.6 is 11.3 Å². The summed E-state index contributed by atoms with van der Waals surface area (Å²) >= 11 is 1.58. The molecular formula is C25H29N3O5S. The second-order valence-corrected chi connectivity index (χ2v) is 11.8. The quantitative estimate of drug-likeness (QED) is 0.501. The van der Waals surface area contributed by atoms with Crippen LogP contribution in [0.3, 0.4) is 0 Å². The molecule has 0 atom stereocenters. The number of carbonyl (C=O) groups excluding carboxylic acids is 1. The van der Waals surface area contributed by atoms with Crippen LogP contribution in [0.4, 0.5) is 9.80 Å². The number of nitrogens with one attached hydrogen (secondary N) is 1. The minimum atomic E-state index is -1.36. The first-order chi connectivity index (χ1) is 16.3. The highest BCUT2D eigenvalue weighted by atomic mass is 32.1. The molecule has 8 nitrogen and oxygen atoms in total. The fraction of sp³-hybridized carbons (Fsp3) is 0.600. The van der Waals surface area contributed by atoms with Crippen LogP contribution in [-0.4, -0.2) is 27.3 Å². The zero-order valence-corrected chi connectivity index (χ0v) is 20.3. The molecule has 2 bridgehead atoms. The summed E-state index contributed by atoms with van der Waals surface area (Å²) in [5, 5.41) is 17.4. The molecule has 0 radical (unpaired) electrons. The molecule has 180 valence electrons. The molecule has 1 amide bonds. The lowest BCUT2D eigenvalue weighted by Crippen LogP contribution is -2.34. The topological polar surface area (TPSA) is 115 Å². The molecule has 5 aliphatic carbocycles. The van der Waals surface area contributed by atoms with Crippen LogP contribution in [0.2, 0.25) is 0 Å². The Morgan fingerprint density at radius 1 is 1.12 bits per heavy atom. The number of rotatable bonds is 5. The lowest BCUT2D eigenvalue weighted by Gasteiger charge is -2.37. The van der Waals surface area contributed by atoms with E-state index in [1.165, 1.54) is 10.4 Å². The van der Waals surface area contributed by atoms with Crippen LogP contribution in [0, 0.1) is 11.8 Å². The molecule has 34 heavy (non-hydrogen) atoms. The summed E-state index contributed by atoms with van der Waals surface area (Å²) in [5.74, 6) is 1.66. The maximum absolute atomic E-state index is 13.6. The van der Waals surface area contributed by atoms with Gasteiger partial charge in [-0.3, -0.25) is 4.79 Å². The fourth-order valence-electron chi connectivity index (χ4n) is 6.09. The number of hydrogen-bond donors (Lipinski definition) is 2. The molecule has 2 N–H and O–H groups in total. The van der Waals surface area contributed by atoms with Crippen molar-refractivity contribution in [2.75, 3.05) is 5.32 Å². The number of carboxylic acid groups (broad SMARTS) is 1. The largest absolute Gasteiger partial charge is 0.511 e. The normalized spacial score (nSPS) is 25.2. The first-order valence-electron chi connectivity index (χ1n) is 12.3. The molecule has 2 saturated carbocycles. The third-order valence-electron chi connectivity index (χ3n) is 7.90. The standard InChI is InChI=1S/C25H29N3O5S/c1-25(2)11-3-4-15-18(25)17(22-26-20(28-33-22)14-9-10-14)23(34-15)27-21(29)16-12-5-7-13(8-6-12)19(16)32-24(30)31/h12-14H,3-11H2,1-2H3,(H,27,29)(H,30,31). The van der Waals surface area contributed by atoms with Crippen molar-refractivity contribution >= 4 is 28.4 Å². The van der Waals surface area contributed by atoms with E-state index in [1.54, 1.807) is 11.3 Å². The van der Waals surface area contributed by atoms with E-state index in [0.29, 0.717) is 28.1 Å². The van der Waals surface area contributed by atoms with Crippen LogP contribution in [0.25, 0.3) is 11.5 Å². The number of anilines is 1. The number of ether oxygens (including phenoxy) is 1. The third-order valence-corrected chi connectivity index (χ3v) is 9.07. The summed E-state index contributed by atoms with van der Waals surface area (Å²) < 4.78 is 10.9. The van der Waals surface area contributed by atoms with Crippen molar-refractivity contribution in [1.29, 1.82) is 0 Å². The van der Waals surface area contributed by atoms with Crippen LogP contribution in [0.15, 0.2) is 15.9 Å². The molecule has 2 aromatic heterocycles. The van der Waals surface area contributed by atoms with Crippen molar-refractivity contribution < 1.29 is 24.0 Å². The fourth-order valence-corrected chi connectivity index (χ4v) is 7.50. The molecule has 2 aromatic rings. The summed E-state index contributed by atoms with van der Waals surface area (Å²) in [4.78, 5) is 31.0. The highest BCUT2D eigenvalue weighted by Gasteiger charge is 2.42.